The minimum atomic E-state index is -4.58. The van der Waals surface area contributed by atoms with Crippen LogP contribution in [0.2, 0.25) is 0 Å². The van der Waals surface area contributed by atoms with Crippen LogP contribution in [-0.4, -0.2) is 42.1 Å². The lowest BCUT2D eigenvalue weighted by molar-refractivity contribution is 0.264. The van der Waals surface area contributed by atoms with Crippen LogP contribution in [0.3, 0.4) is 0 Å². The summed E-state index contributed by atoms with van der Waals surface area (Å²) in [7, 11) is -4.58. The van der Waals surface area contributed by atoms with Crippen LogP contribution < -0.4 is 4.90 Å². The van der Waals surface area contributed by atoms with Gasteiger partial charge in [0.05, 0.1) is 0 Å². The molecule has 0 saturated carbocycles. The maximum Gasteiger partial charge on any atom is 0.298 e. The van der Waals surface area contributed by atoms with E-state index in [-0.39, 0.29) is 6.04 Å². The Labute approximate surface area is 267 Å². The summed E-state index contributed by atoms with van der Waals surface area (Å²) in [4.78, 5) is 4.19. The molecular weight excluding hydrogens is 580 g/mol. The summed E-state index contributed by atoms with van der Waals surface area (Å²) in [6, 6.07) is 32.0. The summed E-state index contributed by atoms with van der Waals surface area (Å²) >= 11 is 0. The van der Waals surface area contributed by atoms with Crippen LogP contribution in [0.1, 0.15) is 41.7 Å². The number of hydrogen-bond donors (Lipinski definition) is 2. The van der Waals surface area contributed by atoms with Crippen molar-refractivity contribution in [2.24, 2.45) is 0 Å². The van der Waals surface area contributed by atoms with Crippen LogP contribution in [0.4, 0.5) is 5.69 Å². The fraction of sp³-hybridized carbons (Fsp3) is 0.211. The van der Waals surface area contributed by atoms with Crippen LogP contribution in [-0.2, 0) is 23.2 Å². The molecule has 45 heavy (non-hydrogen) atoms. The van der Waals surface area contributed by atoms with Gasteiger partial charge in [0.2, 0.25) is 0 Å². The molecule has 2 N–H and O–H groups in total. The quantitative estimate of drug-likeness (QED) is 0.167. The van der Waals surface area contributed by atoms with E-state index < -0.39 is 20.8 Å². The van der Waals surface area contributed by atoms with Gasteiger partial charge in [-0.1, -0.05) is 104 Å². The number of benzene rings is 4. The van der Waals surface area contributed by atoms with E-state index in [0.717, 1.165) is 48.6 Å². The number of allylic oxidation sites excluding steroid dienone is 3. The number of nitrogens with zero attached hydrogens (tertiary/aromatic N) is 2. The second-order valence-electron chi connectivity index (χ2n) is 11.2. The Hall–Kier alpha value is -4.43. The summed E-state index contributed by atoms with van der Waals surface area (Å²) in [6.07, 6.45) is 8.55. The van der Waals surface area contributed by atoms with Gasteiger partial charge in [-0.25, -0.2) is 0 Å². The van der Waals surface area contributed by atoms with E-state index in [1.807, 2.05) is 24.3 Å². The average Bonchev–Trinajstić information content (AvgIpc) is 3.05. The molecule has 6 nitrogen and oxygen atoms in total. The zero-order valence-corrected chi connectivity index (χ0v) is 26.8. The van der Waals surface area contributed by atoms with Gasteiger partial charge >= 0.3 is 0 Å². The van der Waals surface area contributed by atoms with Gasteiger partial charge in [-0.15, -0.1) is 0 Å². The van der Waals surface area contributed by atoms with E-state index >= 15 is 0 Å². The van der Waals surface area contributed by atoms with Crippen molar-refractivity contribution in [3.05, 3.63) is 155 Å². The number of anilines is 1. The summed E-state index contributed by atoms with van der Waals surface area (Å²) in [5.74, 6) is -0.491. The molecular formula is C38H40N2O4S. The highest BCUT2D eigenvalue weighted by Crippen LogP contribution is 2.37. The molecule has 0 unspecified atom stereocenters. The maximum atomic E-state index is 11.9. The molecule has 0 amide bonds. The Morgan fingerprint density at radius 3 is 1.89 bits per heavy atom. The number of phenols is 1. The minimum absolute atomic E-state index is 0.107. The fourth-order valence-electron chi connectivity index (χ4n) is 5.83. The van der Waals surface area contributed by atoms with Gasteiger partial charge in [-0.3, -0.25) is 9.45 Å². The van der Waals surface area contributed by atoms with E-state index in [1.165, 1.54) is 23.3 Å². The molecule has 0 spiro atoms. The standard InChI is InChI=1S/C38H40N2O4S/c1-4-39(26-29-12-8-6-9-13-29)33-20-16-31(17-21-33)38(35-25-36(41)37(24-28(35)3)45(42,43)44)32-18-22-34(23-19-32)40(5-2)27-30-14-10-7-11-15-30/h6-25,33,41H,4-5,26-27H2,1-3H3,(H,42,43,44). The summed E-state index contributed by atoms with van der Waals surface area (Å²) in [6.45, 7) is 9.42. The molecule has 5 rings (SSSR count). The van der Waals surface area contributed by atoms with Gasteiger partial charge in [-0.05, 0) is 83.6 Å². The first kappa shape index (κ1) is 32.0. The molecule has 4 aromatic rings. The number of phenolic OH excluding ortho intramolecular Hbond substituents is 1. The number of likely N-dealkylation sites (N-methyl/N-ethyl adjacent to an activating group) is 1. The Kier molecular flexibility index (Phi) is 10.0. The normalized spacial score (nSPS) is 14.6. The van der Waals surface area contributed by atoms with Crippen molar-refractivity contribution in [3.63, 3.8) is 0 Å². The van der Waals surface area contributed by atoms with Gasteiger partial charge in [0.25, 0.3) is 10.1 Å². The molecule has 1 aliphatic carbocycles. The van der Waals surface area contributed by atoms with Crippen molar-refractivity contribution in [1.29, 1.82) is 0 Å². The molecule has 0 atom stereocenters. The second-order valence-corrected chi connectivity index (χ2v) is 12.6. The molecule has 0 radical (unpaired) electrons. The summed E-state index contributed by atoms with van der Waals surface area (Å²) in [5, 5.41) is 10.7. The van der Waals surface area contributed by atoms with Crippen LogP contribution in [0.5, 0.6) is 5.75 Å². The maximum absolute atomic E-state index is 11.9. The predicted octanol–water partition coefficient (Wildman–Crippen LogP) is 7.79. The molecule has 0 saturated heterocycles. The monoisotopic (exact) mass is 620 g/mol. The number of aryl methyl sites for hydroxylation is 1. The van der Waals surface area contributed by atoms with E-state index in [9.17, 15) is 18.1 Å². The Morgan fingerprint density at radius 2 is 1.36 bits per heavy atom. The first-order chi connectivity index (χ1) is 21.7. The van der Waals surface area contributed by atoms with Gasteiger partial charge < -0.3 is 10.0 Å². The van der Waals surface area contributed by atoms with Crippen LogP contribution in [0.15, 0.2) is 132 Å². The third-order valence-corrected chi connectivity index (χ3v) is 9.15. The first-order valence-corrected chi connectivity index (χ1v) is 16.7. The lowest BCUT2D eigenvalue weighted by Gasteiger charge is -2.28. The van der Waals surface area contributed by atoms with E-state index in [2.05, 4.69) is 109 Å². The predicted molar refractivity (Wildman–Crippen MR) is 183 cm³/mol. The highest BCUT2D eigenvalue weighted by molar-refractivity contribution is 7.86. The lowest BCUT2D eigenvalue weighted by Crippen LogP contribution is -2.32. The van der Waals surface area contributed by atoms with Crippen molar-refractivity contribution in [1.82, 2.24) is 4.90 Å². The second kappa shape index (κ2) is 14.1. The molecule has 232 valence electrons. The highest BCUT2D eigenvalue weighted by atomic mass is 32.2. The van der Waals surface area contributed by atoms with Crippen molar-refractivity contribution in [2.45, 2.75) is 44.8 Å². The number of rotatable bonds is 11. The van der Waals surface area contributed by atoms with Gasteiger partial charge in [-0.2, -0.15) is 8.42 Å². The van der Waals surface area contributed by atoms with Gasteiger partial charge in [0, 0.05) is 31.4 Å². The summed E-state index contributed by atoms with van der Waals surface area (Å²) in [5.41, 5.74) is 7.60. The van der Waals surface area contributed by atoms with Crippen LogP contribution in [0, 0.1) is 6.92 Å². The van der Waals surface area contributed by atoms with E-state index in [0.29, 0.717) is 11.1 Å². The molecule has 0 fully saturated rings. The zero-order chi connectivity index (χ0) is 32.0. The van der Waals surface area contributed by atoms with E-state index in [1.54, 1.807) is 6.92 Å². The van der Waals surface area contributed by atoms with Crippen molar-refractivity contribution >= 4 is 21.4 Å². The molecule has 0 aliphatic heterocycles. The average molecular weight is 621 g/mol. The molecule has 0 aromatic heterocycles. The van der Waals surface area contributed by atoms with Gasteiger partial charge in [0.1, 0.15) is 10.6 Å². The third-order valence-electron chi connectivity index (χ3n) is 8.26. The van der Waals surface area contributed by atoms with Crippen molar-refractivity contribution in [2.75, 3.05) is 18.0 Å². The number of hydrogen-bond acceptors (Lipinski definition) is 5. The molecule has 7 heteroatoms. The summed E-state index contributed by atoms with van der Waals surface area (Å²) < 4.78 is 33.5. The van der Waals surface area contributed by atoms with Crippen molar-refractivity contribution in [3.8, 4) is 5.75 Å². The Bertz CT molecular complexity index is 1800. The van der Waals surface area contributed by atoms with E-state index in [4.69, 9.17) is 0 Å². The van der Waals surface area contributed by atoms with Crippen molar-refractivity contribution < 1.29 is 18.1 Å². The molecule has 1 aliphatic rings. The van der Waals surface area contributed by atoms with Crippen LogP contribution in [0.25, 0.3) is 5.57 Å². The Balaban J connectivity index is 1.53. The van der Waals surface area contributed by atoms with Crippen LogP contribution >= 0.6 is 0 Å². The molecule has 0 bridgehead atoms. The number of aromatic hydroxyl groups is 1. The third kappa shape index (κ3) is 7.63. The lowest BCUT2D eigenvalue weighted by atomic mass is 9.88. The molecule has 0 heterocycles. The topological polar surface area (TPSA) is 81.1 Å². The SMILES string of the molecule is CCN(Cc1ccccc1)c1ccc(C(=C2C=CC(N(CC)Cc3ccccc3)C=C2)c2cc(O)c(S(=O)(=O)O)cc2C)cc1. The Morgan fingerprint density at radius 1 is 0.778 bits per heavy atom. The molecule has 4 aromatic carbocycles. The zero-order valence-electron chi connectivity index (χ0n) is 26.0. The fourth-order valence-corrected chi connectivity index (χ4v) is 6.48. The highest BCUT2D eigenvalue weighted by Gasteiger charge is 2.22. The van der Waals surface area contributed by atoms with Gasteiger partial charge in [0.15, 0.2) is 0 Å². The smallest absolute Gasteiger partial charge is 0.298 e. The minimum Gasteiger partial charge on any atom is -0.506 e. The largest absolute Gasteiger partial charge is 0.506 e. The first-order valence-electron chi connectivity index (χ1n) is 15.3.